The maximum atomic E-state index is 11.2. The first-order valence-corrected chi connectivity index (χ1v) is 10.3. The van der Waals surface area contributed by atoms with E-state index in [2.05, 4.69) is 28.8 Å². The van der Waals surface area contributed by atoms with Crippen molar-refractivity contribution in [2.45, 2.75) is 58.8 Å². The largest absolute Gasteiger partial charge is 0.466 e. The summed E-state index contributed by atoms with van der Waals surface area (Å²) in [6, 6.07) is 0. The Balaban J connectivity index is 0. The highest BCUT2D eigenvalue weighted by molar-refractivity contribution is 14.0. The molecule has 0 spiro atoms. The molecule has 0 aromatic heterocycles. The molecule has 24 heavy (non-hydrogen) atoms. The lowest BCUT2D eigenvalue weighted by atomic mass is 10.1. The number of nitrogens with zero attached hydrogens (tertiary/aromatic N) is 1. The molecule has 0 aliphatic carbocycles. The lowest BCUT2D eigenvalue weighted by Gasteiger charge is -2.11. The first-order chi connectivity index (χ1) is 11.2. The maximum Gasteiger partial charge on any atom is 0.305 e. The van der Waals surface area contributed by atoms with Gasteiger partial charge in [-0.15, -0.1) is 24.0 Å². The predicted octanol–water partition coefficient (Wildman–Crippen LogP) is 3.82. The lowest BCUT2D eigenvalue weighted by molar-refractivity contribution is -0.143. The Labute approximate surface area is 169 Å². The zero-order valence-corrected chi connectivity index (χ0v) is 18.7. The van der Waals surface area contributed by atoms with Crippen molar-refractivity contribution >= 4 is 47.7 Å². The number of thioether (sulfide) groups is 1. The third-order valence-electron chi connectivity index (χ3n) is 3.28. The SMILES string of the molecule is CCNC(=NCCCCCCC(=O)OCC)NCCCCSC.I. The highest BCUT2D eigenvalue weighted by atomic mass is 127. The van der Waals surface area contributed by atoms with E-state index in [-0.39, 0.29) is 29.9 Å². The minimum atomic E-state index is -0.0781. The number of ether oxygens (including phenoxy) is 1. The van der Waals surface area contributed by atoms with Crippen LogP contribution in [0.5, 0.6) is 0 Å². The first kappa shape index (κ1) is 26.1. The molecule has 0 unspecified atom stereocenters. The van der Waals surface area contributed by atoms with Crippen LogP contribution in [0.15, 0.2) is 4.99 Å². The van der Waals surface area contributed by atoms with E-state index >= 15 is 0 Å². The molecule has 5 nitrogen and oxygen atoms in total. The molecule has 0 amide bonds. The molecule has 0 atom stereocenters. The quantitative estimate of drug-likeness (QED) is 0.132. The lowest BCUT2D eigenvalue weighted by Crippen LogP contribution is -2.37. The summed E-state index contributed by atoms with van der Waals surface area (Å²) in [6.07, 6.45) is 9.25. The van der Waals surface area contributed by atoms with Crippen LogP contribution < -0.4 is 10.6 Å². The Morgan fingerprint density at radius 2 is 1.79 bits per heavy atom. The van der Waals surface area contributed by atoms with E-state index < -0.39 is 0 Å². The number of carbonyl (C=O) groups is 1. The van der Waals surface area contributed by atoms with Crippen molar-refractivity contribution in [2.75, 3.05) is 38.2 Å². The monoisotopic (exact) mass is 473 g/mol. The number of esters is 1. The molecule has 0 fully saturated rings. The molecule has 0 aromatic rings. The summed E-state index contributed by atoms with van der Waals surface area (Å²) in [6.45, 7) is 7.10. The van der Waals surface area contributed by atoms with E-state index in [4.69, 9.17) is 4.74 Å². The van der Waals surface area contributed by atoms with Crippen LogP contribution in [-0.4, -0.2) is 50.2 Å². The molecular weight excluding hydrogens is 437 g/mol. The summed E-state index contributed by atoms with van der Waals surface area (Å²) in [5.41, 5.74) is 0. The van der Waals surface area contributed by atoms with Crippen molar-refractivity contribution in [1.29, 1.82) is 0 Å². The van der Waals surface area contributed by atoms with Gasteiger partial charge in [0.15, 0.2) is 5.96 Å². The van der Waals surface area contributed by atoms with Crippen LogP contribution in [0.3, 0.4) is 0 Å². The van der Waals surface area contributed by atoms with Crippen LogP contribution in [0.4, 0.5) is 0 Å². The van der Waals surface area contributed by atoms with Crippen molar-refractivity contribution in [3.63, 3.8) is 0 Å². The van der Waals surface area contributed by atoms with Crippen molar-refractivity contribution in [2.24, 2.45) is 4.99 Å². The topological polar surface area (TPSA) is 62.7 Å². The van der Waals surface area contributed by atoms with Crippen molar-refractivity contribution in [1.82, 2.24) is 10.6 Å². The molecule has 144 valence electrons. The van der Waals surface area contributed by atoms with Gasteiger partial charge in [0.1, 0.15) is 0 Å². The normalized spacial score (nSPS) is 10.9. The summed E-state index contributed by atoms with van der Waals surface area (Å²) in [5, 5.41) is 6.66. The van der Waals surface area contributed by atoms with E-state index in [0.29, 0.717) is 13.0 Å². The number of nitrogens with one attached hydrogen (secondary N) is 2. The van der Waals surface area contributed by atoms with Gasteiger partial charge in [-0.05, 0) is 51.5 Å². The molecule has 0 aliphatic heterocycles. The number of aliphatic imine (C=N–C) groups is 1. The molecule has 0 aliphatic rings. The van der Waals surface area contributed by atoms with Gasteiger partial charge in [0.25, 0.3) is 0 Å². The van der Waals surface area contributed by atoms with E-state index in [1.165, 1.54) is 18.6 Å². The summed E-state index contributed by atoms with van der Waals surface area (Å²) in [7, 11) is 0. The Kier molecular flexibility index (Phi) is 22.6. The highest BCUT2D eigenvalue weighted by Crippen LogP contribution is 2.04. The van der Waals surface area contributed by atoms with Crippen molar-refractivity contribution < 1.29 is 9.53 Å². The molecule has 0 bridgehead atoms. The summed E-state index contributed by atoms with van der Waals surface area (Å²) >= 11 is 1.90. The second-order valence-corrected chi connectivity index (χ2v) is 6.34. The van der Waals surface area contributed by atoms with Crippen LogP contribution >= 0.6 is 35.7 Å². The maximum absolute atomic E-state index is 11.2. The average molecular weight is 473 g/mol. The van der Waals surface area contributed by atoms with Gasteiger partial charge in [-0.1, -0.05) is 12.8 Å². The third-order valence-corrected chi connectivity index (χ3v) is 3.97. The van der Waals surface area contributed by atoms with Gasteiger partial charge in [-0.3, -0.25) is 9.79 Å². The molecule has 0 rings (SSSR count). The Morgan fingerprint density at radius 1 is 1.04 bits per heavy atom. The molecule has 0 aromatic carbocycles. The Hall–Kier alpha value is -0.180. The van der Waals surface area contributed by atoms with E-state index in [1.54, 1.807) is 0 Å². The van der Waals surface area contributed by atoms with Crippen LogP contribution in [0.2, 0.25) is 0 Å². The molecule has 2 N–H and O–H groups in total. The van der Waals surface area contributed by atoms with E-state index in [1.807, 2.05) is 18.7 Å². The predicted molar refractivity (Wildman–Crippen MR) is 117 cm³/mol. The number of halogens is 1. The molecule has 7 heteroatoms. The van der Waals surface area contributed by atoms with Crippen LogP contribution in [0.1, 0.15) is 58.8 Å². The van der Waals surface area contributed by atoms with Gasteiger partial charge in [-0.25, -0.2) is 0 Å². The molecular formula is C17H36IN3O2S. The third kappa shape index (κ3) is 18.2. The second kappa shape index (κ2) is 20.9. The molecule has 0 saturated heterocycles. The number of hydrogen-bond acceptors (Lipinski definition) is 4. The number of carbonyl (C=O) groups excluding carboxylic acids is 1. The highest BCUT2D eigenvalue weighted by Gasteiger charge is 2.00. The molecule has 0 heterocycles. The zero-order chi connectivity index (χ0) is 17.2. The first-order valence-electron chi connectivity index (χ1n) is 8.91. The van der Waals surface area contributed by atoms with Gasteiger partial charge in [-0.2, -0.15) is 11.8 Å². The van der Waals surface area contributed by atoms with Gasteiger partial charge in [0, 0.05) is 26.1 Å². The fourth-order valence-electron chi connectivity index (χ4n) is 2.08. The second-order valence-electron chi connectivity index (χ2n) is 5.36. The summed E-state index contributed by atoms with van der Waals surface area (Å²) in [5.74, 6) is 2.06. The van der Waals surface area contributed by atoms with Gasteiger partial charge >= 0.3 is 5.97 Å². The Morgan fingerprint density at radius 3 is 2.46 bits per heavy atom. The van der Waals surface area contributed by atoms with Gasteiger partial charge in [0.2, 0.25) is 0 Å². The minimum absolute atomic E-state index is 0. The van der Waals surface area contributed by atoms with Crippen LogP contribution in [0, 0.1) is 0 Å². The van der Waals surface area contributed by atoms with Crippen molar-refractivity contribution in [3.8, 4) is 0 Å². The minimum Gasteiger partial charge on any atom is -0.466 e. The zero-order valence-electron chi connectivity index (χ0n) is 15.6. The van der Waals surface area contributed by atoms with Crippen LogP contribution in [-0.2, 0) is 9.53 Å². The molecule has 0 saturated carbocycles. The number of guanidine groups is 1. The fourth-order valence-corrected chi connectivity index (χ4v) is 2.57. The van der Waals surface area contributed by atoms with E-state index in [9.17, 15) is 4.79 Å². The van der Waals surface area contributed by atoms with E-state index in [0.717, 1.165) is 51.3 Å². The number of hydrogen-bond donors (Lipinski definition) is 2. The van der Waals surface area contributed by atoms with Crippen LogP contribution in [0.25, 0.3) is 0 Å². The van der Waals surface area contributed by atoms with Gasteiger partial charge < -0.3 is 15.4 Å². The summed E-state index contributed by atoms with van der Waals surface area (Å²) in [4.78, 5) is 15.8. The van der Waals surface area contributed by atoms with Crippen molar-refractivity contribution in [3.05, 3.63) is 0 Å². The Bertz CT molecular complexity index is 318. The average Bonchev–Trinajstić information content (AvgIpc) is 2.53. The smallest absolute Gasteiger partial charge is 0.305 e. The molecule has 0 radical (unpaired) electrons. The van der Waals surface area contributed by atoms with Gasteiger partial charge in [0.05, 0.1) is 6.61 Å². The fraction of sp³-hybridized carbons (Fsp3) is 0.882. The standard InChI is InChI=1S/C17H35N3O2S.HI/c1-4-18-17(20-14-10-11-15-23-3)19-13-9-7-6-8-12-16(21)22-5-2;/h4-15H2,1-3H3,(H2,18,19,20);1H. The summed E-state index contributed by atoms with van der Waals surface area (Å²) < 4.78 is 4.91. The number of unbranched alkanes of at least 4 members (excludes halogenated alkanes) is 4. The number of rotatable bonds is 14.